The fourth-order valence-corrected chi connectivity index (χ4v) is 2.42. The molecule has 0 saturated heterocycles. The number of ether oxygens (including phenoxy) is 1. The monoisotopic (exact) mass is 372 g/mol. The van der Waals surface area contributed by atoms with Crippen molar-refractivity contribution >= 4 is 5.57 Å². The summed E-state index contributed by atoms with van der Waals surface area (Å²) < 4.78 is 40.4. The number of nitrogens with zero attached hydrogens (tertiary/aromatic N) is 1. The van der Waals surface area contributed by atoms with Crippen molar-refractivity contribution in [2.45, 2.75) is 38.6 Å². The van der Waals surface area contributed by atoms with E-state index in [9.17, 15) is 23.3 Å². The number of rotatable bonds is 8. The summed E-state index contributed by atoms with van der Waals surface area (Å²) in [5, 5.41) is 11.3. The Morgan fingerprint density at radius 2 is 1.96 bits per heavy atom. The van der Waals surface area contributed by atoms with Gasteiger partial charge in [-0.25, -0.2) is 0 Å². The molecule has 0 bridgehead atoms. The van der Waals surface area contributed by atoms with Gasteiger partial charge in [0.1, 0.15) is 5.75 Å². The highest BCUT2D eigenvalue weighted by Crippen LogP contribution is 2.31. The maximum absolute atomic E-state index is 12.2. The summed E-state index contributed by atoms with van der Waals surface area (Å²) >= 11 is 0. The molecule has 0 spiro atoms. The first kappa shape index (κ1) is 19.8. The summed E-state index contributed by atoms with van der Waals surface area (Å²) in [6.07, 6.45) is 0.327. The average molecular weight is 372 g/mol. The Hall–Kier alpha value is -2.55. The van der Waals surface area contributed by atoms with Crippen LogP contribution < -0.4 is 10.2 Å². The molecule has 1 N–H and O–H groups in total. The van der Waals surface area contributed by atoms with Crippen LogP contribution in [-0.4, -0.2) is 23.9 Å². The topological polar surface area (TPSA) is 73.6 Å². The van der Waals surface area contributed by atoms with Crippen molar-refractivity contribution in [3.63, 3.8) is 0 Å². The number of hydroxylamine groups is 1. The second kappa shape index (κ2) is 8.70. The maximum atomic E-state index is 12.2. The number of nitro groups is 1. The largest absolute Gasteiger partial charge is 0.573 e. The van der Waals surface area contributed by atoms with E-state index in [4.69, 9.17) is 4.84 Å². The fraction of sp³-hybridized carbons (Fsp3) is 0.412. The highest BCUT2D eigenvalue weighted by atomic mass is 19.4. The van der Waals surface area contributed by atoms with Crippen molar-refractivity contribution in [1.29, 1.82) is 0 Å². The van der Waals surface area contributed by atoms with E-state index in [-0.39, 0.29) is 17.9 Å². The Labute approximate surface area is 148 Å². The Kier molecular flexibility index (Phi) is 6.62. The molecule has 1 aliphatic rings. The van der Waals surface area contributed by atoms with Crippen LogP contribution >= 0.6 is 0 Å². The molecule has 0 heterocycles. The highest BCUT2D eigenvalue weighted by Gasteiger charge is 2.33. The lowest BCUT2D eigenvalue weighted by molar-refractivity contribution is -0.516. The molecular formula is C17H19F3N2O4. The van der Waals surface area contributed by atoms with Crippen LogP contribution in [-0.2, 0) is 4.84 Å². The van der Waals surface area contributed by atoms with E-state index < -0.39 is 17.3 Å². The minimum atomic E-state index is -4.76. The molecule has 1 aliphatic carbocycles. The molecule has 0 saturated carbocycles. The lowest BCUT2D eigenvalue weighted by Crippen LogP contribution is -2.29. The third kappa shape index (κ3) is 5.76. The smallest absolute Gasteiger partial charge is 0.406 e. The van der Waals surface area contributed by atoms with Crippen LogP contribution in [0.1, 0.15) is 31.7 Å². The van der Waals surface area contributed by atoms with Crippen molar-refractivity contribution in [2.24, 2.45) is 0 Å². The van der Waals surface area contributed by atoms with Crippen LogP contribution in [0.15, 0.2) is 42.2 Å². The van der Waals surface area contributed by atoms with Crippen molar-refractivity contribution in [3.05, 3.63) is 57.9 Å². The lowest BCUT2D eigenvalue weighted by atomic mass is 9.93. The molecule has 1 aromatic carbocycles. The molecule has 0 aromatic heterocycles. The van der Waals surface area contributed by atoms with E-state index in [2.05, 4.69) is 10.2 Å². The Morgan fingerprint density at radius 1 is 1.27 bits per heavy atom. The summed E-state index contributed by atoms with van der Waals surface area (Å²) in [6.45, 7) is 2.59. The first-order valence-corrected chi connectivity index (χ1v) is 8.10. The van der Waals surface area contributed by atoms with Crippen molar-refractivity contribution in [1.82, 2.24) is 5.48 Å². The van der Waals surface area contributed by atoms with Crippen LogP contribution in [0.25, 0.3) is 5.57 Å². The molecule has 0 fully saturated rings. The molecule has 0 aliphatic heterocycles. The number of halogens is 3. The molecule has 2 rings (SSSR count). The Morgan fingerprint density at radius 3 is 2.54 bits per heavy atom. The first-order chi connectivity index (χ1) is 12.3. The van der Waals surface area contributed by atoms with Crippen LogP contribution in [0, 0.1) is 10.1 Å². The standard InChI is InChI=1S/C17H19F3N2O4/c1-2-3-10-21-26-16-9-6-13(11-15(16)22(23)24)12-4-7-14(8-5-12)25-17(18,19)20/h4-9,15,21H,2-3,10-11H2,1H3. The van der Waals surface area contributed by atoms with Gasteiger partial charge in [0.2, 0.25) is 0 Å². The summed E-state index contributed by atoms with van der Waals surface area (Å²) in [5.41, 5.74) is 3.91. The summed E-state index contributed by atoms with van der Waals surface area (Å²) in [5.74, 6) is -0.143. The number of hydrogen-bond donors (Lipinski definition) is 1. The van der Waals surface area contributed by atoms with Gasteiger partial charge in [0, 0.05) is 17.9 Å². The minimum Gasteiger partial charge on any atom is -0.406 e. The van der Waals surface area contributed by atoms with Gasteiger partial charge in [-0.2, -0.15) is 5.48 Å². The Bertz CT molecular complexity index is 684. The number of unbranched alkanes of at least 4 members (excludes halogenated alkanes) is 1. The van der Waals surface area contributed by atoms with Gasteiger partial charge >= 0.3 is 6.36 Å². The quantitative estimate of drug-likeness (QED) is 0.420. The molecule has 26 heavy (non-hydrogen) atoms. The third-order valence-corrected chi connectivity index (χ3v) is 3.73. The molecule has 1 aromatic rings. The summed E-state index contributed by atoms with van der Waals surface area (Å²) in [4.78, 5) is 16.2. The second-order valence-electron chi connectivity index (χ2n) is 5.69. The van der Waals surface area contributed by atoms with Crippen molar-refractivity contribution < 1.29 is 27.7 Å². The predicted octanol–water partition coefficient (Wildman–Crippen LogP) is 4.22. The van der Waals surface area contributed by atoms with Crippen LogP contribution in [0.5, 0.6) is 5.75 Å². The number of benzene rings is 1. The van der Waals surface area contributed by atoms with E-state index in [0.29, 0.717) is 17.7 Å². The van der Waals surface area contributed by atoms with E-state index in [1.54, 1.807) is 6.08 Å². The van der Waals surface area contributed by atoms with E-state index in [0.717, 1.165) is 12.8 Å². The number of allylic oxidation sites excluding steroid dienone is 2. The molecule has 1 unspecified atom stereocenters. The molecule has 9 heteroatoms. The van der Waals surface area contributed by atoms with Gasteiger partial charge in [-0.1, -0.05) is 31.6 Å². The second-order valence-corrected chi connectivity index (χ2v) is 5.69. The Balaban J connectivity index is 2.10. The SMILES string of the molecule is CCCCNOC1=CC=C(c2ccc(OC(F)(F)F)cc2)CC1[N+](=O)[O-]. The zero-order valence-corrected chi connectivity index (χ0v) is 14.1. The summed E-state index contributed by atoms with van der Waals surface area (Å²) in [6, 6.07) is 4.15. The maximum Gasteiger partial charge on any atom is 0.573 e. The van der Waals surface area contributed by atoms with Gasteiger partial charge in [0.15, 0.2) is 5.76 Å². The molecular weight excluding hydrogens is 353 g/mol. The van der Waals surface area contributed by atoms with Gasteiger partial charge in [-0.05, 0) is 35.8 Å². The fourth-order valence-electron chi connectivity index (χ4n) is 2.42. The van der Waals surface area contributed by atoms with Crippen molar-refractivity contribution in [3.8, 4) is 5.75 Å². The first-order valence-electron chi connectivity index (χ1n) is 8.10. The van der Waals surface area contributed by atoms with Gasteiger partial charge in [0.05, 0.1) is 0 Å². The lowest BCUT2D eigenvalue weighted by Gasteiger charge is -2.19. The molecule has 142 valence electrons. The van der Waals surface area contributed by atoms with Gasteiger partial charge in [0.25, 0.3) is 6.04 Å². The summed E-state index contributed by atoms with van der Waals surface area (Å²) in [7, 11) is 0. The third-order valence-electron chi connectivity index (χ3n) is 3.73. The van der Waals surface area contributed by atoms with Crippen LogP contribution in [0.2, 0.25) is 0 Å². The number of alkyl halides is 3. The highest BCUT2D eigenvalue weighted by molar-refractivity contribution is 5.69. The normalized spacial score (nSPS) is 17.3. The van der Waals surface area contributed by atoms with Gasteiger partial charge in [-0.3, -0.25) is 10.1 Å². The number of hydrogen-bond acceptors (Lipinski definition) is 5. The zero-order chi connectivity index (χ0) is 19.2. The van der Waals surface area contributed by atoms with Gasteiger partial charge in [-0.15, -0.1) is 13.2 Å². The van der Waals surface area contributed by atoms with Crippen LogP contribution in [0.4, 0.5) is 13.2 Å². The average Bonchev–Trinajstić information content (AvgIpc) is 2.58. The molecule has 0 amide bonds. The molecule has 6 nitrogen and oxygen atoms in total. The zero-order valence-electron chi connectivity index (χ0n) is 14.1. The molecule has 1 atom stereocenters. The van der Waals surface area contributed by atoms with E-state index in [1.807, 2.05) is 6.92 Å². The van der Waals surface area contributed by atoms with E-state index >= 15 is 0 Å². The van der Waals surface area contributed by atoms with Gasteiger partial charge < -0.3 is 9.57 Å². The van der Waals surface area contributed by atoms with Crippen molar-refractivity contribution in [2.75, 3.05) is 6.54 Å². The van der Waals surface area contributed by atoms with E-state index in [1.165, 1.54) is 30.3 Å². The predicted molar refractivity (Wildman–Crippen MR) is 88.6 cm³/mol. The molecule has 0 radical (unpaired) electrons. The minimum absolute atomic E-state index is 0.0771. The van der Waals surface area contributed by atoms with Crippen LogP contribution in [0.3, 0.4) is 0 Å². The number of nitrogens with one attached hydrogen (secondary N) is 1.